The summed E-state index contributed by atoms with van der Waals surface area (Å²) < 4.78 is 5.42. The maximum atomic E-state index is 11.5. The number of furan rings is 1. The third-order valence-electron chi connectivity index (χ3n) is 2.14. The summed E-state index contributed by atoms with van der Waals surface area (Å²) >= 11 is 0. The molecule has 0 radical (unpaired) electrons. The van der Waals surface area contributed by atoms with Gasteiger partial charge in [0.2, 0.25) is 5.71 Å². The zero-order valence-electron chi connectivity index (χ0n) is 7.15. The molecule has 0 unspecified atom stereocenters. The Bertz CT molecular complexity index is 666. The highest BCUT2D eigenvalue weighted by Crippen LogP contribution is 2.21. The number of H-pyrrole nitrogens is 1. The van der Waals surface area contributed by atoms with E-state index in [1.54, 1.807) is 24.5 Å². The second-order valence-electron chi connectivity index (χ2n) is 3.00. The standard InChI is InChI=1S/C10H6N2O2/c13-6-3-5-12-10-8(6)9-7(14-10)2-1-4-11-9/h1-5H,(H,12,13). The van der Waals surface area contributed by atoms with Crippen LogP contribution in [0.1, 0.15) is 0 Å². The van der Waals surface area contributed by atoms with Crippen LogP contribution in [0, 0.1) is 0 Å². The molecule has 0 aromatic carbocycles. The van der Waals surface area contributed by atoms with Gasteiger partial charge in [0.15, 0.2) is 11.0 Å². The number of nitrogens with one attached hydrogen (secondary N) is 1. The molecule has 0 bridgehead atoms. The van der Waals surface area contributed by atoms with Gasteiger partial charge in [0.25, 0.3) is 0 Å². The molecule has 3 aromatic rings. The molecule has 0 saturated heterocycles. The van der Waals surface area contributed by atoms with E-state index < -0.39 is 0 Å². The highest BCUT2D eigenvalue weighted by atomic mass is 16.3. The van der Waals surface area contributed by atoms with Gasteiger partial charge in [-0.15, -0.1) is 0 Å². The van der Waals surface area contributed by atoms with Gasteiger partial charge >= 0.3 is 0 Å². The van der Waals surface area contributed by atoms with Crippen molar-refractivity contribution in [3.63, 3.8) is 0 Å². The fourth-order valence-electron chi connectivity index (χ4n) is 1.54. The summed E-state index contributed by atoms with van der Waals surface area (Å²) in [6, 6.07) is 5.02. The summed E-state index contributed by atoms with van der Waals surface area (Å²) in [4.78, 5) is 18.5. The van der Waals surface area contributed by atoms with E-state index in [0.29, 0.717) is 22.2 Å². The number of aromatic amines is 1. The van der Waals surface area contributed by atoms with Crippen molar-refractivity contribution in [3.8, 4) is 0 Å². The smallest absolute Gasteiger partial charge is 0.211 e. The molecular weight excluding hydrogens is 180 g/mol. The van der Waals surface area contributed by atoms with Crippen molar-refractivity contribution in [1.82, 2.24) is 9.97 Å². The summed E-state index contributed by atoms with van der Waals surface area (Å²) in [5.41, 5.74) is 1.65. The molecule has 0 amide bonds. The first-order valence-electron chi connectivity index (χ1n) is 4.21. The summed E-state index contributed by atoms with van der Waals surface area (Å²) in [6.45, 7) is 0. The lowest BCUT2D eigenvalue weighted by Crippen LogP contribution is -1.98. The van der Waals surface area contributed by atoms with Crippen molar-refractivity contribution in [2.75, 3.05) is 0 Å². The first kappa shape index (κ1) is 7.32. The second kappa shape index (κ2) is 2.45. The molecule has 1 N–H and O–H groups in total. The van der Waals surface area contributed by atoms with Crippen molar-refractivity contribution >= 4 is 22.2 Å². The number of rotatable bonds is 0. The van der Waals surface area contributed by atoms with Crippen LogP contribution in [-0.2, 0) is 0 Å². The summed E-state index contributed by atoms with van der Waals surface area (Å²) in [5, 5.41) is 0.517. The van der Waals surface area contributed by atoms with Gasteiger partial charge in [-0.25, -0.2) is 0 Å². The molecule has 0 fully saturated rings. The molecule has 3 rings (SSSR count). The van der Waals surface area contributed by atoms with Gasteiger partial charge in [-0.1, -0.05) is 0 Å². The van der Waals surface area contributed by atoms with E-state index in [2.05, 4.69) is 9.97 Å². The minimum Gasteiger partial charge on any atom is -0.438 e. The van der Waals surface area contributed by atoms with Gasteiger partial charge in [-0.05, 0) is 12.1 Å². The van der Waals surface area contributed by atoms with Crippen LogP contribution in [0.3, 0.4) is 0 Å². The molecule has 0 aliphatic carbocycles. The molecule has 4 heteroatoms. The van der Waals surface area contributed by atoms with E-state index in [0.717, 1.165) is 0 Å². The molecule has 3 aromatic heterocycles. The van der Waals surface area contributed by atoms with Crippen LogP contribution in [-0.4, -0.2) is 9.97 Å². The zero-order chi connectivity index (χ0) is 9.54. The summed E-state index contributed by atoms with van der Waals surface area (Å²) in [5.74, 6) is 0. The Labute approximate surface area is 78.2 Å². The topological polar surface area (TPSA) is 58.9 Å². The lowest BCUT2D eigenvalue weighted by atomic mass is 10.3. The molecule has 0 spiro atoms. The first-order chi connectivity index (χ1) is 6.86. The Morgan fingerprint density at radius 1 is 1.36 bits per heavy atom. The van der Waals surface area contributed by atoms with E-state index in [9.17, 15) is 4.79 Å². The van der Waals surface area contributed by atoms with Crippen molar-refractivity contribution in [2.24, 2.45) is 0 Å². The van der Waals surface area contributed by atoms with Crippen molar-refractivity contribution in [3.05, 3.63) is 40.8 Å². The molecule has 0 saturated carbocycles. The van der Waals surface area contributed by atoms with Crippen LogP contribution < -0.4 is 5.43 Å². The largest absolute Gasteiger partial charge is 0.438 e. The minimum absolute atomic E-state index is 0.0730. The minimum atomic E-state index is -0.0730. The van der Waals surface area contributed by atoms with Crippen molar-refractivity contribution < 1.29 is 4.42 Å². The maximum absolute atomic E-state index is 11.5. The fraction of sp³-hybridized carbons (Fsp3) is 0. The lowest BCUT2D eigenvalue weighted by molar-refractivity contribution is 0.653. The predicted molar refractivity (Wildman–Crippen MR) is 52.1 cm³/mol. The van der Waals surface area contributed by atoms with Gasteiger partial charge in [-0.3, -0.25) is 9.78 Å². The normalized spacial score (nSPS) is 11.1. The van der Waals surface area contributed by atoms with Crippen molar-refractivity contribution in [2.45, 2.75) is 0 Å². The number of fused-ring (bicyclic) bond motifs is 3. The van der Waals surface area contributed by atoms with Gasteiger partial charge in [0, 0.05) is 18.5 Å². The van der Waals surface area contributed by atoms with Gasteiger partial charge in [-0.2, -0.15) is 0 Å². The summed E-state index contributed by atoms with van der Waals surface area (Å²) in [6.07, 6.45) is 3.21. The maximum Gasteiger partial charge on any atom is 0.211 e. The monoisotopic (exact) mass is 186 g/mol. The van der Waals surface area contributed by atoms with Crippen LogP contribution in [0.4, 0.5) is 0 Å². The van der Waals surface area contributed by atoms with Crippen LogP contribution >= 0.6 is 0 Å². The molecule has 0 atom stereocenters. The Morgan fingerprint density at radius 3 is 3.21 bits per heavy atom. The van der Waals surface area contributed by atoms with Crippen LogP contribution in [0.2, 0.25) is 0 Å². The number of pyridine rings is 2. The summed E-state index contributed by atoms with van der Waals surface area (Å²) in [7, 11) is 0. The van der Waals surface area contributed by atoms with E-state index in [1.807, 2.05) is 0 Å². The van der Waals surface area contributed by atoms with Gasteiger partial charge in [0.1, 0.15) is 10.9 Å². The van der Waals surface area contributed by atoms with E-state index in [1.165, 1.54) is 6.07 Å². The third-order valence-corrected chi connectivity index (χ3v) is 2.14. The Hall–Kier alpha value is -2.10. The molecular formula is C10H6N2O2. The molecule has 0 aliphatic rings. The first-order valence-corrected chi connectivity index (χ1v) is 4.21. The molecule has 3 heterocycles. The average molecular weight is 186 g/mol. The predicted octanol–water partition coefficient (Wildman–Crippen LogP) is 1.67. The zero-order valence-corrected chi connectivity index (χ0v) is 7.15. The quantitative estimate of drug-likeness (QED) is 0.581. The molecule has 4 nitrogen and oxygen atoms in total. The number of aromatic nitrogens is 2. The molecule has 0 aliphatic heterocycles. The second-order valence-corrected chi connectivity index (χ2v) is 3.00. The van der Waals surface area contributed by atoms with Gasteiger partial charge in [0.05, 0.1) is 0 Å². The van der Waals surface area contributed by atoms with Crippen LogP contribution in [0.15, 0.2) is 39.8 Å². The lowest BCUT2D eigenvalue weighted by Gasteiger charge is -1.84. The molecule has 14 heavy (non-hydrogen) atoms. The Balaban J connectivity index is 2.73. The van der Waals surface area contributed by atoms with E-state index in [-0.39, 0.29) is 5.43 Å². The van der Waals surface area contributed by atoms with Crippen LogP contribution in [0.5, 0.6) is 0 Å². The molecule has 68 valence electrons. The van der Waals surface area contributed by atoms with Gasteiger partial charge < -0.3 is 9.40 Å². The van der Waals surface area contributed by atoms with E-state index >= 15 is 0 Å². The average Bonchev–Trinajstić information content (AvgIpc) is 2.57. The van der Waals surface area contributed by atoms with E-state index in [4.69, 9.17) is 4.42 Å². The Kier molecular flexibility index (Phi) is 1.28. The third kappa shape index (κ3) is 0.821. The SMILES string of the molecule is O=c1cc[nH]c2oc3cccnc3c12. The van der Waals surface area contributed by atoms with Crippen molar-refractivity contribution in [1.29, 1.82) is 0 Å². The Morgan fingerprint density at radius 2 is 2.29 bits per heavy atom. The fourth-order valence-corrected chi connectivity index (χ4v) is 1.54. The van der Waals surface area contributed by atoms with Crippen LogP contribution in [0.25, 0.3) is 22.2 Å². The highest BCUT2D eigenvalue weighted by molar-refractivity contribution is 6.00. The highest BCUT2D eigenvalue weighted by Gasteiger charge is 2.09. The number of nitrogens with zero attached hydrogens (tertiary/aromatic N) is 1. The number of hydrogen-bond donors (Lipinski definition) is 1. The number of hydrogen-bond acceptors (Lipinski definition) is 3.